The monoisotopic (exact) mass is 652 g/mol. The lowest BCUT2D eigenvalue weighted by molar-refractivity contribution is -0.137. The molecule has 2 aromatic carbocycles. The van der Waals surface area contributed by atoms with E-state index in [4.69, 9.17) is 26.4 Å². The zero-order chi connectivity index (χ0) is 31.7. The number of amidine groups is 1. The molecule has 0 spiro atoms. The van der Waals surface area contributed by atoms with Gasteiger partial charge in [0.05, 0.1) is 25.1 Å². The van der Waals surface area contributed by atoms with Gasteiger partial charge in [0.2, 0.25) is 0 Å². The molecule has 2 fully saturated rings. The molecular weight excluding hydrogens is 623 g/mol. The Hall–Kier alpha value is -4.33. The van der Waals surface area contributed by atoms with E-state index < -0.39 is 23.8 Å². The van der Waals surface area contributed by atoms with E-state index in [0.717, 1.165) is 5.56 Å². The summed E-state index contributed by atoms with van der Waals surface area (Å²) in [5, 5.41) is 14.9. The molecule has 6 rings (SSSR count). The van der Waals surface area contributed by atoms with E-state index in [1.54, 1.807) is 23.2 Å². The van der Waals surface area contributed by atoms with Crippen molar-refractivity contribution in [1.82, 2.24) is 25.0 Å². The Balaban J connectivity index is 1.22. The third-order valence-corrected chi connectivity index (χ3v) is 9.18. The Labute approximate surface area is 267 Å². The fourth-order valence-corrected chi connectivity index (χ4v) is 6.83. The summed E-state index contributed by atoms with van der Waals surface area (Å²) in [6, 6.07) is 10.3. The van der Waals surface area contributed by atoms with Gasteiger partial charge in [0, 0.05) is 67.1 Å². The van der Waals surface area contributed by atoms with E-state index in [2.05, 4.69) is 15.2 Å². The fraction of sp³-hybridized carbons (Fsp3) is 0.323. The van der Waals surface area contributed by atoms with Crippen LogP contribution in [0.2, 0.25) is 5.02 Å². The second-order valence-electron chi connectivity index (χ2n) is 11.0. The quantitative estimate of drug-likeness (QED) is 0.335. The number of carboxylic acid groups (broad SMARTS) is 1. The number of nitrogens with one attached hydrogen (secondary N) is 1. The van der Waals surface area contributed by atoms with E-state index >= 15 is 0 Å². The first-order valence-electron chi connectivity index (χ1n) is 14.3. The topological polar surface area (TPSA) is 128 Å². The number of aromatic nitrogens is 1. The third kappa shape index (κ3) is 6.56. The van der Waals surface area contributed by atoms with Crippen molar-refractivity contribution < 1.29 is 28.6 Å². The summed E-state index contributed by atoms with van der Waals surface area (Å²) in [5.41, 5.74) is 2.93. The minimum absolute atomic E-state index is 0.0382. The van der Waals surface area contributed by atoms with Crippen LogP contribution in [-0.4, -0.2) is 94.5 Å². The number of thiazole rings is 1. The Morgan fingerprint density at radius 3 is 2.60 bits per heavy atom. The molecule has 2 amide bonds. The minimum atomic E-state index is -0.890. The van der Waals surface area contributed by atoms with Crippen molar-refractivity contribution in [2.75, 3.05) is 39.8 Å². The molecule has 0 saturated carbocycles. The third-order valence-electron chi connectivity index (χ3n) is 8.07. The van der Waals surface area contributed by atoms with E-state index in [-0.39, 0.29) is 29.1 Å². The van der Waals surface area contributed by atoms with Gasteiger partial charge in [0.1, 0.15) is 11.9 Å². The zero-order valence-electron chi connectivity index (χ0n) is 24.3. The lowest BCUT2D eigenvalue weighted by Crippen LogP contribution is -2.53. The summed E-state index contributed by atoms with van der Waals surface area (Å²) >= 11 is 7.86. The zero-order valence-corrected chi connectivity index (χ0v) is 25.9. The number of methoxy groups -OCH3 is 1. The van der Waals surface area contributed by atoms with Crippen LogP contribution in [0.4, 0.5) is 9.18 Å². The standard InChI is InChI=1S/C31H30ClFN6O5S/c1-44-30(42)26-24(35-28(29-34-8-11-45-29)36-27(26)22-7-6-20(33)13-23(22)32)17-37-9-10-39-21(15-37)16-38(31(39)43)14-19-4-2-18(3-5-19)12-25(40)41/h2-8,11,13,21,27H,9-10,12,14-17H2,1H3,(H,35,36)(H,40,41)/t21-,27-/m0/s1. The second-order valence-corrected chi connectivity index (χ2v) is 12.3. The molecule has 1 aromatic heterocycles. The molecule has 45 heavy (non-hydrogen) atoms. The highest BCUT2D eigenvalue weighted by atomic mass is 35.5. The number of ether oxygens (including phenoxy) is 1. The average molecular weight is 653 g/mol. The number of benzene rings is 2. The lowest BCUT2D eigenvalue weighted by Gasteiger charge is -2.38. The molecule has 0 unspecified atom stereocenters. The number of carboxylic acids is 1. The first kappa shape index (κ1) is 30.7. The molecule has 0 bridgehead atoms. The summed E-state index contributed by atoms with van der Waals surface area (Å²) in [4.78, 5) is 52.6. The van der Waals surface area contributed by atoms with Crippen molar-refractivity contribution in [3.63, 3.8) is 0 Å². The van der Waals surface area contributed by atoms with Gasteiger partial charge >= 0.3 is 18.0 Å². The highest BCUT2D eigenvalue weighted by molar-refractivity contribution is 7.11. The van der Waals surface area contributed by atoms with E-state index in [1.807, 2.05) is 22.4 Å². The first-order valence-corrected chi connectivity index (χ1v) is 15.5. The number of hydrogen-bond acceptors (Lipinski definition) is 9. The maximum absolute atomic E-state index is 14.0. The first-order chi connectivity index (χ1) is 21.7. The van der Waals surface area contributed by atoms with Crippen molar-refractivity contribution in [2.24, 2.45) is 4.99 Å². The van der Waals surface area contributed by atoms with Gasteiger partial charge in [0.25, 0.3) is 0 Å². The van der Waals surface area contributed by atoms with Gasteiger partial charge in [-0.3, -0.25) is 14.7 Å². The van der Waals surface area contributed by atoms with Crippen LogP contribution in [0.5, 0.6) is 0 Å². The van der Waals surface area contributed by atoms with Gasteiger partial charge in [-0.15, -0.1) is 11.3 Å². The van der Waals surface area contributed by atoms with Crippen LogP contribution in [0.1, 0.15) is 27.7 Å². The Kier molecular flexibility index (Phi) is 8.83. The largest absolute Gasteiger partial charge is 0.481 e. The lowest BCUT2D eigenvalue weighted by atomic mass is 9.95. The molecule has 2 N–H and O–H groups in total. The van der Waals surface area contributed by atoms with Gasteiger partial charge in [-0.05, 0) is 23.3 Å². The summed E-state index contributed by atoms with van der Waals surface area (Å²) in [6.07, 6.45) is 1.61. The number of rotatable bonds is 9. The number of piperazine rings is 1. The molecule has 0 aliphatic carbocycles. The summed E-state index contributed by atoms with van der Waals surface area (Å²) < 4.78 is 19.1. The number of esters is 1. The Morgan fingerprint density at radius 2 is 1.91 bits per heavy atom. The van der Waals surface area contributed by atoms with Crippen LogP contribution >= 0.6 is 22.9 Å². The predicted octanol–water partition coefficient (Wildman–Crippen LogP) is 3.70. The Morgan fingerprint density at radius 1 is 1.13 bits per heavy atom. The normalized spacial score (nSPS) is 20.2. The highest BCUT2D eigenvalue weighted by Gasteiger charge is 2.41. The Bertz CT molecular complexity index is 1680. The molecule has 11 nitrogen and oxygen atoms in total. The molecule has 0 radical (unpaired) electrons. The van der Waals surface area contributed by atoms with Crippen molar-refractivity contribution in [2.45, 2.75) is 25.0 Å². The SMILES string of the molecule is COC(=O)C1=C(CN2CCN3C(=O)N(Cc4ccc(CC(=O)O)cc4)C[C@@H]3C2)NC(c2nccs2)=N[C@H]1c1ccc(F)cc1Cl. The summed E-state index contributed by atoms with van der Waals surface area (Å²) in [5.74, 6) is -1.51. The van der Waals surface area contributed by atoms with Crippen LogP contribution in [0.25, 0.3) is 0 Å². The number of carbonyl (C=O) groups is 3. The summed E-state index contributed by atoms with van der Waals surface area (Å²) in [6.45, 7) is 2.96. The summed E-state index contributed by atoms with van der Waals surface area (Å²) in [7, 11) is 1.30. The molecule has 3 aliphatic heterocycles. The number of aliphatic imine (C=N–C) groups is 1. The number of urea groups is 1. The maximum atomic E-state index is 14.0. The van der Waals surface area contributed by atoms with Gasteiger partial charge < -0.3 is 25.0 Å². The maximum Gasteiger partial charge on any atom is 0.338 e. The van der Waals surface area contributed by atoms with Crippen LogP contribution in [0.15, 0.2) is 70.3 Å². The van der Waals surface area contributed by atoms with E-state index in [9.17, 15) is 18.8 Å². The van der Waals surface area contributed by atoms with Crippen molar-refractivity contribution >= 4 is 46.7 Å². The van der Waals surface area contributed by atoms with Crippen LogP contribution < -0.4 is 5.32 Å². The molecule has 2 saturated heterocycles. The smallest absolute Gasteiger partial charge is 0.338 e. The number of fused-ring (bicyclic) bond motifs is 1. The average Bonchev–Trinajstić information content (AvgIpc) is 3.66. The minimum Gasteiger partial charge on any atom is -0.481 e. The highest BCUT2D eigenvalue weighted by Crippen LogP contribution is 2.37. The predicted molar refractivity (Wildman–Crippen MR) is 166 cm³/mol. The number of nitrogens with zero attached hydrogens (tertiary/aromatic N) is 5. The van der Waals surface area contributed by atoms with E-state index in [1.165, 1.54) is 36.6 Å². The number of hydrogen-bond donors (Lipinski definition) is 2. The van der Waals surface area contributed by atoms with Gasteiger partial charge in [-0.1, -0.05) is 41.9 Å². The molecule has 3 aliphatic rings. The van der Waals surface area contributed by atoms with Crippen LogP contribution in [0, 0.1) is 5.82 Å². The molecule has 14 heteroatoms. The number of aliphatic carboxylic acids is 1. The number of halogens is 2. The van der Waals surface area contributed by atoms with Crippen molar-refractivity contribution in [1.29, 1.82) is 0 Å². The number of carbonyl (C=O) groups excluding carboxylic acids is 2. The molecule has 2 atom stereocenters. The van der Waals surface area contributed by atoms with Crippen LogP contribution in [0.3, 0.4) is 0 Å². The molecule has 3 aromatic rings. The van der Waals surface area contributed by atoms with Crippen molar-refractivity contribution in [3.8, 4) is 0 Å². The van der Waals surface area contributed by atoms with E-state index in [0.29, 0.717) is 66.9 Å². The second kappa shape index (κ2) is 13.0. The van der Waals surface area contributed by atoms with Crippen molar-refractivity contribution in [3.05, 3.63) is 97.8 Å². The fourth-order valence-electron chi connectivity index (χ4n) is 5.97. The molecular formula is C31H30ClFN6O5S. The van der Waals surface area contributed by atoms with Gasteiger partial charge in [-0.25, -0.2) is 19.0 Å². The number of amides is 2. The molecule has 234 valence electrons. The van der Waals surface area contributed by atoms with Gasteiger partial charge in [-0.2, -0.15) is 0 Å². The van der Waals surface area contributed by atoms with Crippen LogP contribution in [-0.2, 0) is 27.3 Å². The van der Waals surface area contributed by atoms with Gasteiger partial charge in [0.15, 0.2) is 10.8 Å². The molecule has 4 heterocycles.